The average Bonchev–Trinajstić information content (AvgIpc) is 2.31. The molecule has 0 bridgehead atoms. The van der Waals surface area contributed by atoms with E-state index in [1.165, 1.54) is 19.5 Å². The molecule has 4 nitrogen and oxygen atoms in total. The van der Waals surface area contributed by atoms with Gasteiger partial charge in [-0.1, -0.05) is 6.42 Å². The van der Waals surface area contributed by atoms with Crippen LogP contribution in [0.3, 0.4) is 0 Å². The van der Waals surface area contributed by atoms with Gasteiger partial charge in [-0.05, 0) is 18.8 Å². The van der Waals surface area contributed by atoms with Gasteiger partial charge in [-0.15, -0.1) is 0 Å². The number of anilines is 2. The molecule has 1 heterocycles. The predicted molar refractivity (Wildman–Crippen MR) is 67.2 cm³/mol. The van der Waals surface area contributed by atoms with E-state index in [0.717, 1.165) is 19.4 Å². The fraction of sp³-hybridized carbons (Fsp3) is 0.667. The molecule has 0 radical (unpaired) electrons. The van der Waals surface area contributed by atoms with Crippen molar-refractivity contribution in [1.29, 1.82) is 0 Å². The Morgan fingerprint density at radius 3 is 2.53 bits per heavy atom. The first-order valence-electron chi connectivity index (χ1n) is 6.25. The molecule has 0 aromatic carbocycles. The summed E-state index contributed by atoms with van der Waals surface area (Å²) in [5.74, 6) is -0.0569. The third kappa shape index (κ3) is 3.27. The number of alkyl halides is 3. The van der Waals surface area contributed by atoms with Gasteiger partial charge in [-0.2, -0.15) is 13.2 Å². The third-order valence-electron chi connectivity index (χ3n) is 3.37. The van der Waals surface area contributed by atoms with Gasteiger partial charge in [0.2, 0.25) is 5.82 Å². The zero-order chi connectivity index (χ0) is 14.0. The minimum atomic E-state index is -4.53. The van der Waals surface area contributed by atoms with Crippen molar-refractivity contribution in [1.82, 2.24) is 9.97 Å². The third-order valence-corrected chi connectivity index (χ3v) is 3.37. The zero-order valence-corrected chi connectivity index (χ0v) is 11.0. The van der Waals surface area contributed by atoms with Gasteiger partial charge < -0.3 is 10.2 Å². The minimum Gasteiger partial charge on any atom is -0.373 e. The Hall–Kier alpha value is -1.53. The van der Waals surface area contributed by atoms with Crippen LogP contribution >= 0.6 is 0 Å². The first-order chi connectivity index (χ1) is 8.90. The highest BCUT2D eigenvalue weighted by Gasteiger charge is 2.35. The van der Waals surface area contributed by atoms with Crippen LogP contribution in [0.4, 0.5) is 24.8 Å². The molecular weight excluding hydrogens is 257 g/mol. The molecule has 1 aliphatic rings. The predicted octanol–water partition coefficient (Wildman–Crippen LogP) is 2.77. The van der Waals surface area contributed by atoms with E-state index in [-0.39, 0.29) is 5.82 Å². The van der Waals surface area contributed by atoms with Crippen molar-refractivity contribution in [3.8, 4) is 0 Å². The zero-order valence-electron chi connectivity index (χ0n) is 11.0. The Labute approximate surface area is 110 Å². The van der Waals surface area contributed by atoms with Gasteiger partial charge in [0.25, 0.3) is 0 Å². The van der Waals surface area contributed by atoms with Gasteiger partial charge in [0.1, 0.15) is 11.6 Å². The van der Waals surface area contributed by atoms with Crippen LogP contribution in [0, 0.1) is 5.92 Å². The number of aromatic nitrogens is 2. The van der Waals surface area contributed by atoms with Gasteiger partial charge >= 0.3 is 6.18 Å². The van der Waals surface area contributed by atoms with Crippen LogP contribution in [0.2, 0.25) is 0 Å². The molecule has 1 aliphatic carbocycles. The highest BCUT2D eigenvalue weighted by Crippen LogP contribution is 2.31. The molecule has 0 unspecified atom stereocenters. The highest BCUT2D eigenvalue weighted by molar-refractivity contribution is 5.49. The van der Waals surface area contributed by atoms with Crippen molar-refractivity contribution in [3.63, 3.8) is 0 Å². The SMILES string of the molecule is CNc1cc(N(C)CC2CCC2)nc(C(F)(F)F)n1. The summed E-state index contributed by atoms with van der Waals surface area (Å²) in [4.78, 5) is 8.82. The van der Waals surface area contributed by atoms with E-state index >= 15 is 0 Å². The molecule has 0 saturated heterocycles. The lowest BCUT2D eigenvalue weighted by Gasteiger charge is -2.31. The Bertz CT molecular complexity index is 443. The molecule has 2 rings (SSSR count). The molecule has 106 valence electrons. The molecule has 0 amide bonds. The lowest BCUT2D eigenvalue weighted by atomic mass is 9.85. The van der Waals surface area contributed by atoms with E-state index in [0.29, 0.717) is 11.7 Å². The second kappa shape index (κ2) is 5.22. The van der Waals surface area contributed by atoms with Crippen molar-refractivity contribution in [2.45, 2.75) is 25.4 Å². The molecular formula is C12H17F3N4. The lowest BCUT2D eigenvalue weighted by Crippen LogP contribution is -2.30. The van der Waals surface area contributed by atoms with Crippen LogP contribution in [0.1, 0.15) is 25.1 Å². The number of hydrogen-bond donors (Lipinski definition) is 1. The molecule has 1 fully saturated rings. The summed E-state index contributed by atoms with van der Waals surface area (Å²) in [6.07, 6.45) is -1.04. The summed E-state index contributed by atoms with van der Waals surface area (Å²) in [5.41, 5.74) is 0. The van der Waals surface area contributed by atoms with Gasteiger partial charge in [-0.25, -0.2) is 9.97 Å². The van der Waals surface area contributed by atoms with Crippen LogP contribution in [-0.2, 0) is 6.18 Å². The molecule has 0 atom stereocenters. The standard InChI is InChI=1S/C12H17F3N4/c1-16-9-6-10(18-11(17-9)12(13,14)15)19(2)7-8-4-3-5-8/h6,8H,3-5,7H2,1-2H3,(H,16,17,18). The molecule has 0 spiro atoms. The maximum absolute atomic E-state index is 12.7. The monoisotopic (exact) mass is 274 g/mol. The minimum absolute atomic E-state index is 0.179. The van der Waals surface area contributed by atoms with E-state index in [1.54, 1.807) is 11.9 Å². The van der Waals surface area contributed by atoms with Gasteiger partial charge in [0.05, 0.1) is 0 Å². The largest absolute Gasteiger partial charge is 0.451 e. The van der Waals surface area contributed by atoms with E-state index in [2.05, 4.69) is 15.3 Å². The van der Waals surface area contributed by atoms with Crippen molar-refractivity contribution < 1.29 is 13.2 Å². The molecule has 1 aromatic rings. The summed E-state index contributed by atoms with van der Waals surface area (Å²) < 4.78 is 38.1. The van der Waals surface area contributed by atoms with Crippen molar-refractivity contribution in [2.24, 2.45) is 5.92 Å². The van der Waals surface area contributed by atoms with E-state index < -0.39 is 12.0 Å². The van der Waals surface area contributed by atoms with E-state index in [9.17, 15) is 13.2 Å². The Morgan fingerprint density at radius 2 is 2.05 bits per heavy atom. The van der Waals surface area contributed by atoms with E-state index in [4.69, 9.17) is 0 Å². The van der Waals surface area contributed by atoms with Crippen LogP contribution in [0.5, 0.6) is 0 Å². The quantitative estimate of drug-likeness (QED) is 0.916. The number of halogens is 3. The van der Waals surface area contributed by atoms with Gasteiger partial charge in [-0.3, -0.25) is 0 Å². The first-order valence-corrected chi connectivity index (χ1v) is 6.25. The van der Waals surface area contributed by atoms with Gasteiger partial charge in [0, 0.05) is 26.7 Å². The maximum atomic E-state index is 12.7. The topological polar surface area (TPSA) is 41.0 Å². The molecule has 1 N–H and O–H groups in total. The summed E-state index contributed by atoms with van der Waals surface area (Å²) >= 11 is 0. The maximum Gasteiger partial charge on any atom is 0.451 e. The number of nitrogens with zero attached hydrogens (tertiary/aromatic N) is 3. The molecule has 1 aromatic heterocycles. The van der Waals surface area contributed by atoms with Crippen LogP contribution in [0.15, 0.2) is 6.07 Å². The summed E-state index contributed by atoms with van der Waals surface area (Å²) in [5, 5.41) is 2.64. The second-order valence-corrected chi connectivity index (χ2v) is 4.86. The Balaban J connectivity index is 2.22. The number of hydrogen-bond acceptors (Lipinski definition) is 4. The molecule has 1 saturated carbocycles. The fourth-order valence-electron chi connectivity index (χ4n) is 2.04. The molecule has 19 heavy (non-hydrogen) atoms. The average molecular weight is 274 g/mol. The van der Waals surface area contributed by atoms with Crippen molar-refractivity contribution >= 4 is 11.6 Å². The van der Waals surface area contributed by atoms with Crippen LogP contribution in [-0.4, -0.2) is 30.6 Å². The number of rotatable bonds is 4. The Morgan fingerprint density at radius 1 is 1.37 bits per heavy atom. The normalized spacial score (nSPS) is 16.1. The highest BCUT2D eigenvalue weighted by atomic mass is 19.4. The van der Waals surface area contributed by atoms with E-state index in [1.807, 2.05) is 0 Å². The van der Waals surface area contributed by atoms with Crippen molar-refractivity contribution in [2.75, 3.05) is 30.9 Å². The molecule has 0 aliphatic heterocycles. The summed E-state index contributed by atoms with van der Waals surface area (Å²) in [6, 6.07) is 1.54. The Kier molecular flexibility index (Phi) is 3.82. The number of nitrogens with one attached hydrogen (secondary N) is 1. The fourth-order valence-corrected chi connectivity index (χ4v) is 2.04. The lowest BCUT2D eigenvalue weighted by molar-refractivity contribution is -0.144. The first kappa shape index (κ1) is 13.9. The summed E-state index contributed by atoms with van der Waals surface area (Å²) in [7, 11) is 3.30. The van der Waals surface area contributed by atoms with Crippen LogP contribution < -0.4 is 10.2 Å². The molecule has 7 heteroatoms. The van der Waals surface area contributed by atoms with Crippen LogP contribution in [0.25, 0.3) is 0 Å². The van der Waals surface area contributed by atoms with Crippen molar-refractivity contribution in [3.05, 3.63) is 11.9 Å². The van der Waals surface area contributed by atoms with Gasteiger partial charge in [0.15, 0.2) is 0 Å². The second-order valence-electron chi connectivity index (χ2n) is 4.86. The summed E-state index contributed by atoms with van der Waals surface area (Å²) in [6.45, 7) is 0.734. The smallest absolute Gasteiger partial charge is 0.373 e.